The van der Waals surface area contributed by atoms with Gasteiger partial charge in [0.15, 0.2) is 0 Å². The van der Waals surface area contributed by atoms with Crippen molar-refractivity contribution in [1.29, 1.82) is 0 Å². The number of aromatic amines is 1. The molecule has 0 unspecified atom stereocenters. The Kier molecular flexibility index (Phi) is 7.04. The van der Waals surface area contributed by atoms with Crippen LogP contribution < -0.4 is 4.74 Å². The fraction of sp³-hybridized carbons (Fsp3) is 0.429. The number of ether oxygens (including phenoxy) is 2. The summed E-state index contributed by atoms with van der Waals surface area (Å²) in [5.74, 6) is 0.872. The Hall–Kier alpha value is -3.32. The molecule has 1 amide bonds. The zero-order valence-electron chi connectivity index (χ0n) is 20.2. The second kappa shape index (κ2) is 10.5. The van der Waals surface area contributed by atoms with Crippen molar-refractivity contribution in [3.05, 3.63) is 65.4 Å². The van der Waals surface area contributed by atoms with E-state index in [1.807, 2.05) is 41.3 Å². The van der Waals surface area contributed by atoms with Gasteiger partial charge in [-0.1, -0.05) is 50.5 Å². The van der Waals surface area contributed by atoms with Crippen molar-refractivity contribution in [2.45, 2.75) is 57.6 Å². The molecule has 5 rings (SSSR count). The maximum atomic E-state index is 13.5. The first-order chi connectivity index (χ1) is 17.2. The molecule has 0 bridgehead atoms. The average molecular weight is 476 g/mol. The number of para-hydroxylation sites is 1. The quantitative estimate of drug-likeness (QED) is 0.380. The number of amides is 1. The summed E-state index contributed by atoms with van der Waals surface area (Å²) in [6, 6.07) is 14.8. The molecule has 2 aliphatic rings. The lowest BCUT2D eigenvalue weighted by atomic mass is 9.95. The molecule has 0 aliphatic carbocycles. The van der Waals surface area contributed by atoms with E-state index in [1.54, 1.807) is 12.1 Å². The second-order valence-electron chi connectivity index (χ2n) is 9.35. The molecule has 0 spiro atoms. The Morgan fingerprint density at radius 1 is 1.14 bits per heavy atom. The van der Waals surface area contributed by atoms with Gasteiger partial charge in [-0.15, -0.1) is 0 Å². The van der Waals surface area contributed by atoms with E-state index in [-0.39, 0.29) is 23.8 Å². The number of hydrogen-bond acceptors (Lipinski definition) is 5. The molecule has 184 valence electrons. The molecule has 2 aliphatic heterocycles. The van der Waals surface area contributed by atoms with Crippen molar-refractivity contribution < 1.29 is 19.4 Å². The predicted octanol–water partition coefficient (Wildman–Crippen LogP) is 5.47. The maximum Gasteiger partial charge on any atom is 0.273 e. The summed E-state index contributed by atoms with van der Waals surface area (Å²) in [6.45, 7) is 4.15. The minimum Gasteiger partial charge on any atom is -0.507 e. The number of carbonyl (C=O) groups excluding carboxylic acids is 1. The lowest BCUT2D eigenvalue weighted by Gasteiger charge is -2.28. The van der Waals surface area contributed by atoms with E-state index < -0.39 is 0 Å². The minimum atomic E-state index is -0.325. The highest BCUT2D eigenvalue weighted by atomic mass is 16.5. The number of nitrogens with zero attached hydrogens (tertiary/aromatic N) is 2. The number of phenolic OH excluding ortho intramolecular Hbond substituents is 1. The number of nitrogens with one attached hydrogen (secondary N) is 1. The van der Waals surface area contributed by atoms with Gasteiger partial charge in [0.25, 0.3) is 5.91 Å². The van der Waals surface area contributed by atoms with Crippen LogP contribution in [0.25, 0.3) is 11.3 Å². The van der Waals surface area contributed by atoms with Gasteiger partial charge >= 0.3 is 0 Å². The number of unbranched alkanes of at least 4 members (excludes halogenated alkanes) is 3. The SMILES string of the molecule is CCCCCCOc1ccc([C@@H]2c3c(-c4ccccc4O)n[nH]c3C(=O)N2C[C@@H]2CCCO2)cc1. The number of carbonyl (C=O) groups is 1. The number of aromatic nitrogens is 2. The summed E-state index contributed by atoms with van der Waals surface area (Å²) in [6.07, 6.45) is 6.63. The van der Waals surface area contributed by atoms with Crippen molar-refractivity contribution in [3.63, 3.8) is 0 Å². The highest BCUT2D eigenvalue weighted by Gasteiger charge is 2.43. The van der Waals surface area contributed by atoms with E-state index in [0.717, 1.165) is 42.7 Å². The molecule has 0 saturated carbocycles. The van der Waals surface area contributed by atoms with Crippen molar-refractivity contribution >= 4 is 5.91 Å². The monoisotopic (exact) mass is 475 g/mol. The summed E-state index contributed by atoms with van der Waals surface area (Å²) >= 11 is 0. The molecule has 3 aromatic rings. The smallest absolute Gasteiger partial charge is 0.273 e. The van der Waals surface area contributed by atoms with Crippen LogP contribution in [0.15, 0.2) is 48.5 Å². The fourth-order valence-electron chi connectivity index (χ4n) is 5.08. The van der Waals surface area contributed by atoms with Crippen LogP contribution >= 0.6 is 0 Å². The summed E-state index contributed by atoms with van der Waals surface area (Å²) in [5.41, 5.74) is 3.45. The van der Waals surface area contributed by atoms with Crippen LogP contribution in [0.5, 0.6) is 11.5 Å². The Morgan fingerprint density at radius 3 is 2.71 bits per heavy atom. The Bertz CT molecular complexity index is 1150. The minimum absolute atomic E-state index is 0.0257. The number of phenols is 1. The number of rotatable bonds is 10. The lowest BCUT2D eigenvalue weighted by Crippen LogP contribution is -2.36. The van der Waals surface area contributed by atoms with Crippen LogP contribution in [0.1, 0.15) is 73.1 Å². The highest BCUT2D eigenvalue weighted by molar-refractivity contribution is 6.00. The van der Waals surface area contributed by atoms with Crippen LogP contribution in [0.2, 0.25) is 0 Å². The molecule has 2 N–H and O–H groups in total. The summed E-state index contributed by atoms with van der Waals surface area (Å²) in [4.78, 5) is 15.4. The van der Waals surface area contributed by atoms with Crippen molar-refractivity contribution in [2.24, 2.45) is 0 Å². The number of H-pyrrole nitrogens is 1. The van der Waals surface area contributed by atoms with Crippen LogP contribution in [-0.4, -0.2) is 52.0 Å². The van der Waals surface area contributed by atoms with Crippen molar-refractivity contribution in [1.82, 2.24) is 15.1 Å². The molecule has 1 aromatic heterocycles. The highest BCUT2D eigenvalue weighted by Crippen LogP contribution is 2.45. The summed E-state index contributed by atoms with van der Waals surface area (Å²) in [7, 11) is 0. The van der Waals surface area contributed by atoms with Crippen LogP contribution in [-0.2, 0) is 4.74 Å². The van der Waals surface area contributed by atoms with E-state index in [2.05, 4.69) is 17.1 Å². The third-order valence-electron chi connectivity index (χ3n) is 6.91. The number of fused-ring (bicyclic) bond motifs is 1. The van der Waals surface area contributed by atoms with E-state index in [0.29, 0.717) is 30.1 Å². The normalized spacial score (nSPS) is 19.3. The molecular weight excluding hydrogens is 442 g/mol. The van der Waals surface area contributed by atoms with Gasteiger partial charge in [0.05, 0.1) is 18.8 Å². The molecule has 7 heteroatoms. The van der Waals surface area contributed by atoms with Gasteiger partial charge in [-0.05, 0) is 49.1 Å². The first kappa shape index (κ1) is 23.4. The third kappa shape index (κ3) is 4.78. The Balaban J connectivity index is 1.45. The summed E-state index contributed by atoms with van der Waals surface area (Å²) < 4.78 is 11.8. The number of hydrogen-bond donors (Lipinski definition) is 2. The molecule has 2 aromatic carbocycles. The van der Waals surface area contributed by atoms with Gasteiger partial charge in [-0.2, -0.15) is 5.10 Å². The molecule has 1 fully saturated rings. The van der Waals surface area contributed by atoms with Crippen LogP contribution in [0.3, 0.4) is 0 Å². The Morgan fingerprint density at radius 2 is 1.97 bits per heavy atom. The van der Waals surface area contributed by atoms with Gasteiger partial charge in [-0.25, -0.2) is 0 Å². The molecule has 7 nitrogen and oxygen atoms in total. The zero-order valence-corrected chi connectivity index (χ0v) is 20.2. The standard InChI is InChI=1S/C28H33N3O4/c1-2-3-4-7-16-34-20-14-12-19(13-15-20)27-24-25(22-10-5-6-11-23(22)32)29-30-26(24)28(33)31(27)18-21-9-8-17-35-21/h5-6,10-15,21,27,32H,2-4,7-9,16-18H2,1H3,(H,29,30)/t21-,27+/m0/s1. The van der Waals surface area contributed by atoms with Crippen LogP contribution in [0.4, 0.5) is 0 Å². The Labute approximate surface area is 206 Å². The van der Waals surface area contributed by atoms with Crippen molar-refractivity contribution in [3.8, 4) is 22.8 Å². The predicted molar refractivity (Wildman–Crippen MR) is 134 cm³/mol. The largest absolute Gasteiger partial charge is 0.507 e. The zero-order chi connectivity index (χ0) is 24.2. The molecule has 0 radical (unpaired) electrons. The third-order valence-corrected chi connectivity index (χ3v) is 6.91. The van der Waals surface area contributed by atoms with E-state index in [4.69, 9.17) is 9.47 Å². The number of aromatic hydroxyl groups is 1. The maximum absolute atomic E-state index is 13.5. The van der Waals surface area contributed by atoms with Gasteiger partial charge in [0.2, 0.25) is 0 Å². The molecule has 1 saturated heterocycles. The fourth-order valence-corrected chi connectivity index (χ4v) is 5.08. The topological polar surface area (TPSA) is 87.7 Å². The molecule has 35 heavy (non-hydrogen) atoms. The van der Waals surface area contributed by atoms with Gasteiger partial charge < -0.3 is 19.5 Å². The first-order valence-corrected chi connectivity index (χ1v) is 12.7. The van der Waals surface area contributed by atoms with Crippen molar-refractivity contribution in [2.75, 3.05) is 19.8 Å². The molecular formula is C28H33N3O4. The van der Waals surface area contributed by atoms with E-state index in [9.17, 15) is 9.90 Å². The van der Waals surface area contributed by atoms with E-state index in [1.165, 1.54) is 19.3 Å². The summed E-state index contributed by atoms with van der Waals surface area (Å²) in [5, 5.41) is 17.9. The van der Waals surface area contributed by atoms with E-state index >= 15 is 0 Å². The first-order valence-electron chi connectivity index (χ1n) is 12.7. The molecule has 2 atom stereocenters. The number of benzene rings is 2. The lowest BCUT2D eigenvalue weighted by molar-refractivity contribution is 0.0495. The van der Waals surface area contributed by atoms with Crippen LogP contribution in [0, 0.1) is 0 Å². The molecule has 3 heterocycles. The van der Waals surface area contributed by atoms with Gasteiger partial charge in [0, 0.05) is 24.3 Å². The van der Waals surface area contributed by atoms with Gasteiger partial charge in [-0.3, -0.25) is 9.89 Å². The average Bonchev–Trinajstić information content (AvgIpc) is 3.60. The second-order valence-corrected chi connectivity index (χ2v) is 9.35. The van der Waals surface area contributed by atoms with Gasteiger partial charge in [0.1, 0.15) is 22.9 Å².